The number of nitrogens with one attached hydrogen (secondary N) is 1. The minimum atomic E-state index is -0.298. The lowest BCUT2D eigenvalue weighted by Crippen LogP contribution is -2.44. The summed E-state index contributed by atoms with van der Waals surface area (Å²) in [6.07, 6.45) is 4.79. The molecule has 184 valence electrons. The van der Waals surface area contributed by atoms with Gasteiger partial charge in [0.1, 0.15) is 11.3 Å². The summed E-state index contributed by atoms with van der Waals surface area (Å²) in [5.74, 6) is 0.115. The van der Waals surface area contributed by atoms with Crippen LogP contribution in [0.25, 0.3) is 11.2 Å². The van der Waals surface area contributed by atoms with Gasteiger partial charge < -0.3 is 30.3 Å². The Morgan fingerprint density at radius 3 is 2.77 bits per heavy atom. The second kappa shape index (κ2) is 9.49. The number of nitrogens with zero attached hydrogens (tertiary/aromatic N) is 7. The molecule has 35 heavy (non-hydrogen) atoms. The quantitative estimate of drug-likeness (QED) is 0.537. The van der Waals surface area contributed by atoms with E-state index in [0.717, 1.165) is 39.0 Å². The predicted octanol–water partition coefficient (Wildman–Crippen LogP) is 2.39. The molecular weight excluding hydrogens is 449 g/mol. The molecule has 2 fully saturated rings. The second-order valence-electron chi connectivity index (χ2n) is 9.12. The van der Waals surface area contributed by atoms with E-state index in [0.29, 0.717) is 35.6 Å². The number of amides is 1. The maximum Gasteiger partial charge on any atom is 0.246 e. The van der Waals surface area contributed by atoms with E-state index < -0.39 is 0 Å². The van der Waals surface area contributed by atoms with Crippen LogP contribution in [0.4, 0.5) is 27.5 Å². The number of nitrogens with two attached hydrogens (primary N) is 1. The predicted molar refractivity (Wildman–Crippen MR) is 134 cm³/mol. The van der Waals surface area contributed by atoms with Gasteiger partial charge in [0.25, 0.3) is 0 Å². The molecule has 3 N–H and O–H groups in total. The highest BCUT2D eigenvalue weighted by Gasteiger charge is 2.26. The molecule has 2 aliphatic heterocycles. The molecule has 5 rings (SSSR count). The summed E-state index contributed by atoms with van der Waals surface area (Å²) in [7, 11) is 2.07. The average Bonchev–Trinajstić information content (AvgIpc) is 3.29. The fourth-order valence-electron chi connectivity index (χ4n) is 4.79. The van der Waals surface area contributed by atoms with Gasteiger partial charge in [0, 0.05) is 45.0 Å². The number of fused-ring (bicyclic) bond motifs is 1. The SMILES string of the molecule is C=CC(=O)N1CCC[C@H](n2cnc3c(N)nc(Nc4ccc(N5CCN(C)CC5)c(F)c4)nc32)C1. The first kappa shape index (κ1) is 23.0. The van der Waals surface area contributed by atoms with Crippen LogP contribution in [0.1, 0.15) is 18.9 Å². The molecule has 10 nitrogen and oxygen atoms in total. The molecule has 0 bridgehead atoms. The zero-order chi connectivity index (χ0) is 24.5. The molecule has 0 spiro atoms. The van der Waals surface area contributed by atoms with E-state index in [1.165, 1.54) is 12.1 Å². The number of hydrogen-bond donors (Lipinski definition) is 2. The molecule has 11 heteroatoms. The minimum Gasteiger partial charge on any atom is -0.382 e. The van der Waals surface area contributed by atoms with E-state index in [9.17, 15) is 9.18 Å². The molecule has 2 aromatic heterocycles. The molecule has 3 aromatic rings. The zero-order valence-corrected chi connectivity index (χ0v) is 19.8. The Labute approximate surface area is 203 Å². The Morgan fingerprint density at radius 1 is 1.23 bits per heavy atom. The van der Waals surface area contributed by atoms with Gasteiger partial charge in [-0.1, -0.05) is 6.58 Å². The Morgan fingerprint density at radius 2 is 2.03 bits per heavy atom. The van der Waals surface area contributed by atoms with Gasteiger partial charge in [-0.3, -0.25) is 4.79 Å². The summed E-state index contributed by atoms with van der Waals surface area (Å²) in [6.45, 7) is 8.22. The van der Waals surface area contributed by atoms with Crippen molar-refractivity contribution in [2.45, 2.75) is 18.9 Å². The highest BCUT2D eigenvalue weighted by Crippen LogP contribution is 2.29. The number of carbonyl (C=O) groups excluding carboxylic acids is 1. The summed E-state index contributed by atoms with van der Waals surface area (Å²) < 4.78 is 16.9. The molecule has 2 saturated heterocycles. The average molecular weight is 480 g/mol. The topological polar surface area (TPSA) is 108 Å². The minimum absolute atomic E-state index is 0.0140. The molecule has 0 saturated carbocycles. The molecule has 1 atom stereocenters. The van der Waals surface area contributed by atoms with Crippen molar-refractivity contribution in [3.8, 4) is 0 Å². The van der Waals surface area contributed by atoms with Gasteiger partial charge in [0.15, 0.2) is 11.5 Å². The molecule has 2 aliphatic rings. The van der Waals surface area contributed by atoms with Gasteiger partial charge in [0.2, 0.25) is 11.9 Å². The molecule has 0 aliphatic carbocycles. The van der Waals surface area contributed by atoms with Crippen LogP contribution in [-0.2, 0) is 4.79 Å². The first-order valence-electron chi connectivity index (χ1n) is 11.8. The zero-order valence-electron chi connectivity index (χ0n) is 19.8. The number of benzene rings is 1. The summed E-state index contributed by atoms with van der Waals surface area (Å²) in [4.78, 5) is 31.6. The highest BCUT2D eigenvalue weighted by molar-refractivity contribution is 5.87. The number of likely N-dealkylation sites (N-methyl/N-ethyl adjacent to an activating group) is 1. The third kappa shape index (κ3) is 4.63. The van der Waals surface area contributed by atoms with Crippen LogP contribution < -0.4 is 16.0 Å². The van der Waals surface area contributed by atoms with Crippen LogP contribution in [0.15, 0.2) is 37.2 Å². The molecule has 1 aromatic carbocycles. The maximum absolute atomic E-state index is 14.9. The molecule has 0 unspecified atom stereocenters. The lowest BCUT2D eigenvalue weighted by molar-refractivity contribution is -0.127. The molecular formula is C24H30FN9O. The normalized spacial score (nSPS) is 19.2. The number of imidazole rings is 1. The van der Waals surface area contributed by atoms with E-state index in [-0.39, 0.29) is 29.5 Å². The van der Waals surface area contributed by atoms with Gasteiger partial charge in [-0.15, -0.1) is 0 Å². The van der Waals surface area contributed by atoms with E-state index in [4.69, 9.17) is 5.73 Å². The van der Waals surface area contributed by atoms with Crippen molar-refractivity contribution < 1.29 is 9.18 Å². The Hall–Kier alpha value is -3.73. The van der Waals surface area contributed by atoms with Gasteiger partial charge in [-0.2, -0.15) is 9.97 Å². The maximum atomic E-state index is 14.9. The number of aromatic nitrogens is 4. The van der Waals surface area contributed by atoms with Crippen molar-refractivity contribution in [2.24, 2.45) is 0 Å². The smallest absolute Gasteiger partial charge is 0.246 e. The summed E-state index contributed by atoms with van der Waals surface area (Å²) in [5, 5.41) is 3.08. The number of piperazine rings is 1. The van der Waals surface area contributed by atoms with Crippen LogP contribution >= 0.6 is 0 Å². The number of hydrogen-bond acceptors (Lipinski definition) is 8. The van der Waals surface area contributed by atoms with Crippen LogP contribution in [0.2, 0.25) is 0 Å². The van der Waals surface area contributed by atoms with Crippen molar-refractivity contribution >= 4 is 40.2 Å². The number of piperidine rings is 1. The number of carbonyl (C=O) groups is 1. The van der Waals surface area contributed by atoms with Crippen LogP contribution in [0, 0.1) is 5.82 Å². The second-order valence-corrected chi connectivity index (χ2v) is 9.12. The lowest BCUT2D eigenvalue weighted by atomic mass is 10.1. The third-order valence-corrected chi connectivity index (χ3v) is 6.77. The molecule has 1 amide bonds. The fraction of sp³-hybridized carbons (Fsp3) is 0.417. The Balaban J connectivity index is 1.38. The lowest BCUT2D eigenvalue weighted by Gasteiger charge is -2.34. The highest BCUT2D eigenvalue weighted by atomic mass is 19.1. The Bertz CT molecular complexity index is 1250. The van der Waals surface area contributed by atoms with Crippen LogP contribution in [0.3, 0.4) is 0 Å². The monoisotopic (exact) mass is 479 g/mol. The Kier molecular flexibility index (Phi) is 6.25. The van der Waals surface area contributed by atoms with Gasteiger partial charge in [0.05, 0.1) is 18.1 Å². The van der Waals surface area contributed by atoms with Crippen molar-refractivity contribution in [3.63, 3.8) is 0 Å². The van der Waals surface area contributed by atoms with E-state index in [2.05, 4.69) is 43.7 Å². The van der Waals surface area contributed by atoms with Gasteiger partial charge in [-0.05, 0) is 44.2 Å². The summed E-state index contributed by atoms with van der Waals surface area (Å²) in [5.41, 5.74) is 8.38. The number of anilines is 4. The standard InChI is InChI=1S/C24H30FN9O/c1-3-20(35)33-8-4-5-17(14-33)34-15-27-21-22(26)29-24(30-23(21)34)28-16-6-7-19(18(25)13-16)32-11-9-31(2)10-12-32/h3,6-7,13,15,17H,1,4-5,8-12,14H2,2H3,(H3,26,28,29,30)/t17-/m0/s1. The number of likely N-dealkylation sites (tertiary alicyclic amines) is 1. The molecule has 0 radical (unpaired) electrons. The van der Waals surface area contributed by atoms with E-state index >= 15 is 0 Å². The first-order chi connectivity index (χ1) is 16.9. The molecule has 4 heterocycles. The summed E-state index contributed by atoms with van der Waals surface area (Å²) >= 11 is 0. The number of nitrogen functional groups attached to an aromatic ring is 1. The van der Waals surface area contributed by atoms with E-state index in [1.807, 2.05) is 10.6 Å². The van der Waals surface area contributed by atoms with Crippen LogP contribution in [-0.4, -0.2) is 81.5 Å². The van der Waals surface area contributed by atoms with Gasteiger partial charge >= 0.3 is 0 Å². The summed E-state index contributed by atoms with van der Waals surface area (Å²) in [6, 6.07) is 5.06. The fourth-order valence-corrected chi connectivity index (χ4v) is 4.79. The van der Waals surface area contributed by atoms with Crippen LogP contribution in [0.5, 0.6) is 0 Å². The third-order valence-electron chi connectivity index (χ3n) is 6.77. The van der Waals surface area contributed by atoms with E-state index in [1.54, 1.807) is 17.3 Å². The first-order valence-corrected chi connectivity index (χ1v) is 11.8. The number of halogens is 1. The largest absolute Gasteiger partial charge is 0.382 e. The van der Waals surface area contributed by atoms with Crippen molar-refractivity contribution in [1.82, 2.24) is 29.3 Å². The van der Waals surface area contributed by atoms with Crippen molar-refractivity contribution in [1.29, 1.82) is 0 Å². The van der Waals surface area contributed by atoms with Crippen molar-refractivity contribution in [2.75, 3.05) is 62.3 Å². The number of rotatable bonds is 5. The van der Waals surface area contributed by atoms with Gasteiger partial charge in [-0.25, -0.2) is 9.37 Å². The van der Waals surface area contributed by atoms with Crippen molar-refractivity contribution in [3.05, 3.63) is 43.0 Å².